The van der Waals surface area contributed by atoms with Crippen molar-refractivity contribution in [3.05, 3.63) is 23.5 Å². The molecule has 170 valence electrons. The first-order valence-electron chi connectivity index (χ1n) is 10.4. The Bertz CT molecular complexity index is 756. The van der Waals surface area contributed by atoms with E-state index in [9.17, 15) is 26.6 Å². The maximum atomic E-state index is 14.6. The van der Waals surface area contributed by atoms with Crippen LogP contribution in [0.4, 0.5) is 23.2 Å². The van der Waals surface area contributed by atoms with Gasteiger partial charge in [-0.3, -0.25) is 9.00 Å². The van der Waals surface area contributed by atoms with E-state index in [2.05, 4.69) is 0 Å². The number of benzene rings is 1. The number of amides is 1. The van der Waals surface area contributed by atoms with Gasteiger partial charge in [-0.15, -0.1) is 0 Å². The average Bonchev–Trinajstić information content (AvgIpc) is 2.66. The highest BCUT2D eigenvalue weighted by Crippen LogP contribution is 2.29. The first kappa shape index (κ1) is 24.6. The molecule has 0 spiro atoms. The van der Waals surface area contributed by atoms with Gasteiger partial charge in [0.1, 0.15) is 11.6 Å². The molecule has 1 aliphatic heterocycles. The van der Waals surface area contributed by atoms with E-state index >= 15 is 0 Å². The van der Waals surface area contributed by atoms with Gasteiger partial charge in [0.05, 0.1) is 16.5 Å². The first-order valence-corrected chi connectivity index (χ1v) is 11.7. The van der Waals surface area contributed by atoms with E-state index in [1.54, 1.807) is 9.80 Å². The number of hydrogen-bond donors (Lipinski definition) is 0. The summed E-state index contributed by atoms with van der Waals surface area (Å²) in [4.78, 5) is 16.3. The first-order chi connectivity index (χ1) is 14.1. The second-order valence-corrected chi connectivity index (χ2v) is 9.18. The standard InChI is InChI=1S/C21H30F4N2O2S/c1-4-6-16(7-5-2)20(28)27-10-8-26(9-11-27)18-13-19(15(3)12-17(18)22)30(29)14-21(23,24)25/h12-13,16H,4-11,14H2,1-3H3. The molecule has 0 N–H and O–H groups in total. The van der Waals surface area contributed by atoms with Crippen molar-refractivity contribution in [3.8, 4) is 0 Å². The Morgan fingerprint density at radius 2 is 1.67 bits per heavy atom. The maximum Gasteiger partial charge on any atom is 0.400 e. The highest BCUT2D eigenvalue weighted by atomic mass is 32.2. The molecule has 0 aliphatic carbocycles. The SMILES string of the molecule is CCCC(CCC)C(=O)N1CCN(c2cc(S(=O)CC(F)(F)F)c(C)cc2F)CC1. The van der Waals surface area contributed by atoms with Crippen molar-refractivity contribution < 1.29 is 26.6 Å². The van der Waals surface area contributed by atoms with Crippen LogP contribution in [0.5, 0.6) is 0 Å². The van der Waals surface area contributed by atoms with Crippen LogP contribution >= 0.6 is 0 Å². The molecule has 1 atom stereocenters. The van der Waals surface area contributed by atoms with E-state index in [-0.39, 0.29) is 28.0 Å². The van der Waals surface area contributed by atoms with Gasteiger partial charge in [-0.05, 0) is 37.5 Å². The van der Waals surface area contributed by atoms with Crippen LogP contribution in [0.3, 0.4) is 0 Å². The smallest absolute Gasteiger partial charge is 0.366 e. The molecule has 1 saturated heterocycles. The average molecular weight is 451 g/mol. The molecule has 0 saturated carbocycles. The van der Waals surface area contributed by atoms with Gasteiger partial charge in [-0.25, -0.2) is 4.39 Å². The molecule has 1 unspecified atom stereocenters. The third-order valence-corrected chi connectivity index (χ3v) is 6.86. The van der Waals surface area contributed by atoms with Gasteiger partial charge in [0.2, 0.25) is 5.91 Å². The van der Waals surface area contributed by atoms with E-state index in [0.29, 0.717) is 26.2 Å². The van der Waals surface area contributed by atoms with Crippen LogP contribution in [0, 0.1) is 18.7 Å². The largest absolute Gasteiger partial charge is 0.400 e. The van der Waals surface area contributed by atoms with Crippen molar-refractivity contribution in [3.63, 3.8) is 0 Å². The van der Waals surface area contributed by atoms with Crippen molar-refractivity contribution in [1.82, 2.24) is 4.90 Å². The van der Waals surface area contributed by atoms with E-state index in [1.807, 2.05) is 13.8 Å². The minimum absolute atomic E-state index is 0.000876. The van der Waals surface area contributed by atoms with Crippen LogP contribution in [0.1, 0.15) is 45.1 Å². The topological polar surface area (TPSA) is 40.6 Å². The Hall–Kier alpha value is -1.64. The minimum atomic E-state index is -4.56. The van der Waals surface area contributed by atoms with Crippen LogP contribution in [0.2, 0.25) is 0 Å². The third kappa shape index (κ3) is 6.43. The van der Waals surface area contributed by atoms with E-state index < -0.39 is 28.5 Å². The van der Waals surface area contributed by atoms with Crippen LogP contribution < -0.4 is 4.90 Å². The number of rotatable bonds is 8. The lowest BCUT2D eigenvalue weighted by Crippen LogP contribution is -2.50. The second kappa shape index (κ2) is 10.6. The number of carbonyl (C=O) groups is 1. The molecule has 0 radical (unpaired) electrons. The number of piperazine rings is 1. The van der Waals surface area contributed by atoms with Crippen LogP contribution in [0.15, 0.2) is 17.0 Å². The minimum Gasteiger partial charge on any atom is -0.366 e. The molecular weight excluding hydrogens is 420 g/mol. The summed E-state index contributed by atoms with van der Waals surface area (Å²) in [7, 11) is -2.30. The Balaban J connectivity index is 2.12. The zero-order valence-electron chi connectivity index (χ0n) is 17.7. The molecule has 0 aromatic heterocycles. The lowest BCUT2D eigenvalue weighted by atomic mass is 9.96. The summed E-state index contributed by atoms with van der Waals surface area (Å²) >= 11 is 0. The Kier molecular flexibility index (Phi) is 8.70. The Morgan fingerprint density at radius 3 is 2.17 bits per heavy atom. The third-order valence-electron chi connectivity index (χ3n) is 5.34. The van der Waals surface area contributed by atoms with Crippen molar-refractivity contribution >= 4 is 22.4 Å². The van der Waals surface area contributed by atoms with E-state index in [1.165, 1.54) is 13.0 Å². The molecule has 1 aromatic carbocycles. The van der Waals surface area contributed by atoms with Crippen LogP contribution in [0.25, 0.3) is 0 Å². The number of nitrogens with zero attached hydrogens (tertiary/aromatic N) is 2. The molecule has 1 fully saturated rings. The molecule has 1 aliphatic rings. The summed E-state index contributed by atoms with van der Waals surface area (Å²) < 4.78 is 64.6. The van der Waals surface area contributed by atoms with Gasteiger partial charge < -0.3 is 9.80 Å². The molecule has 1 heterocycles. The molecule has 2 rings (SSSR count). The predicted molar refractivity (Wildman–Crippen MR) is 111 cm³/mol. The Morgan fingerprint density at radius 1 is 1.10 bits per heavy atom. The van der Waals surface area contributed by atoms with Crippen LogP contribution in [-0.2, 0) is 15.6 Å². The summed E-state index contributed by atoms with van der Waals surface area (Å²) in [6.07, 6.45) is -1.02. The summed E-state index contributed by atoms with van der Waals surface area (Å²) in [6.45, 7) is 7.16. The summed E-state index contributed by atoms with van der Waals surface area (Å²) in [5, 5.41) is 0. The second-order valence-electron chi connectivity index (χ2n) is 7.76. The fourth-order valence-electron chi connectivity index (χ4n) is 3.87. The fraction of sp³-hybridized carbons (Fsp3) is 0.667. The predicted octanol–water partition coefficient (Wildman–Crippen LogP) is 4.67. The van der Waals surface area contributed by atoms with Gasteiger partial charge in [-0.1, -0.05) is 26.7 Å². The zero-order valence-corrected chi connectivity index (χ0v) is 18.5. The molecule has 30 heavy (non-hydrogen) atoms. The zero-order chi connectivity index (χ0) is 22.5. The van der Waals surface area contributed by atoms with E-state index in [0.717, 1.165) is 31.7 Å². The highest BCUT2D eigenvalue weighted by Gasteiger charge is 2.32. The Labute approximate surface area is 178 Å². The van der Waals surface area contributed by atoms with Crippen molar-refractivity contribution in [2.24, 2.45) is 5.92 Å². The van der Waals surface area contributed by atoms with Crippen molar-refractivity contribution in [2.45, 2.75) is 57.5 Å². The molecular formula is C21H30F4N2O2S. The summed E-state index contributed by atoms with van der Waals surface area (Å²) in [5.74, 6) is -1.90. The number of carbonyl (C=O) groups excluding carboxylic acids is 1. The molecule has 9 heteroatoms. The number of anilines is 1. The van der Waals surface area contributed by atoms with Crippen LogP contribution in [-0.4, -0.2) is 53.1 Å². The van der Waals surface area contributed by atoms with Gasteiger partial charge in [0.25, 0.3) is 0 Å². The van der Waals surface area contributed by atoms with Crippen molar-refractivity contribution in [2.75, 3.05) is 36.8 Å². The molecule has 1 amide bonds. The van der Waals surface area contributed by atoms with Gasteiger partial charge in [-0.2, -0.15) is 13.2 Å². The number of halogens is 4. The summed E-state index contributed by atoms with van der Waals surface area (Å²) in [5.41, 5.74) is 0.367. The van der Waals surface area contributed by atoms with Gasteiger partial charge in [0.15, 0.2) is 0 Å². The monoisotopic (exact) mass is 450 g/mol. The van der Waals surface area contributed by atoms with Gasteiger partial charge >= 0.3 is 6.18 Å². The lowest BCUT2D eigenvalue weighted by molar-refractivity contribution is -0.136. The highest BCUT2D eigenvalue weighted by molar-refractivity contribution is 7.85. The quantitative estimate of drug-likeness (QED) is 0.541. The molecule has 1 aromatic rings. The number of hydrogen-bond acceptors (Lipinski definition) is 3. The normalized spacial score (nSPS) is 16.3. The number of aryl methyl sites for hydroxylation is 1. The summed E-state index contributed by atoms with van der Waals surface area (Å²) in [6, 6.07) is 2.40. The molecule has 4 nitrogen and oxygen atoms in total. The van der Waals surface area contributed by atoms with Gasteiger partial charge in [0, 0.05) is 37.0 Å². The maximum absolute atomic E-state index is 14.6. The molecule has 0 bridgehead atoms. The number of alkyl halides is 3. The fourth-order valence-corrected chi connectivity index (χ4v) is 4.98. The van der Waals surface area contributed by atoms with E-state index in [4.69, 9.17) is 0 Å². The van der Waals surface area contributed by atoms with Crippen molar-refractivity contribution in [1.29, 1.82) is 0 Å². The lowest BCUT2D eigenvalue weighted by Gasteiger charge is -2.38.